The van der Waals surface area contributed by atoms with Crippen molar-refractivity contribution >= 4 is 11.9 Å². The fourth-order valence-electron chi connectivity index (χ4n) is 3.66. The molecule has 0 atom stereocenters. The van der Waals surface area contributed by atoms with Crippen molar-refractivity contribution in [1.29, 1.82) is 5.26 Å². The van der Waals surface area contributed by atoms with Crippen LogP contribution in [0.4, 0.5) is 0 Å². The van der Waals surface area contributed by atoms with Gasteiger partial charge in [0.1, 0.15) is 5.60 Å². The normalized spacial score (nSPS) is 17.7. The number of fused-ring (bicyclic) bond motifs is 2. The molecular weight excluding hydrogens is 316 g/mol. The minimum atomic E-state index is -0.602. The van der Waals surface area contributed by atoms with Gasteiger partial charge in [-0.05, 0) is 30.3 Å². The third-order valence-electron chi connectivity index (χ3n) is 5.05. The maximum atomic E-state index is 12.6. The summed E-state index contributed by atoms with van der Waals surface area (Å²) in [4.78, 5) is 26.5. The van der Waals surface area contributed by atoms with E-state index in [-0.39, 0.29) is 11.9 Å². The van der Waals surface area contributed by atoms with Gasteiger partial charge in [0.25, 0.3) is 5.91 Å². The number of carbonyl (C=O) groups is 2. The second-order valence-corrected chi connectivity index (χ2v) is 6.41. The molecule has 4 rings (SSSR count). The molecule has 0 aliphatic carbocycles. The molecule has 2 aromatic rings. The van der Waals surface area contributed by atoms with Gasteiger partial charge >= 0.3 is 5.97 Å². The highest BCUT2D eigenvalue weighted by Crippen LogP contribution is 2.44. The van der Waals surface area contributed by atoms with E-state index in [2.05, 4.69) is 0 Å². The van der Waals surface area contributed by atoms with Crippen molar-refractivity contribution in [3.63, 3.8) is 0 Å². The van der Waals surface area contributed by atoms with Crippen LogP contribution in [0.2, 0.25) is 0 Å². The number of piperidine rings is 1. The Labute approximate surface area is 145 Å². The SMILES string of the molecule is N#Cc1ccc(C(=O)N2CCC3(CC2)OC(=O)c2ccccc23)cc1. The van der Waals surface area contributed by atoms with Gasteiger partial charge in [0.15, 0.2) is 0 Å². The summed E-state index contributed by atoms with van der Waals surface area (Å²) in [6, 6.07) is 16.2. The first-order chi connectivity index (χ1) is 12.1. The van der Waals surface area contributed by atoms with E-state index < -0.39 is 5.60 Å². The lowest BCUT2D eigenvalue weighted by Gasteiger charge is -2.38. The lowest BCUT2D eigenvalue weighted by atomic mass is 9.83. The van der Waals surface area contributed by atoms with E-state index in [4.69, 9.17) is 10.00 Å². The van der Waals surface area contributed by atoms with E-state index in [0.29, 0.717) is 42.6 Å². The van der Waals surface area contributed by atoms with Crippen molar-refractivity contribution in [3.8, 4) is 6.07 Å². The number of likely N-dealkylation sites (tertiary alicyclic amines) is 1. The third-order valence-corrected chi connectivity index (χ3v) is 5.05. The largest absolute Gasteiger partial charge is 0.450 e. The summed E-state index contributed by atoms with van der Waals surface area (Å²) in [7, 11) is 0. The highest BCUT2D eigenvalue weighted by Gasteiger charge is 2.47. The summed E-state index contributed by atoms with van der Waals surface area (Å²) in [6.45, 7) is 1.06. The lowest BCUT2D eigenvalue weighted by Crippen LogP contribution is -2.45. The zero-order valence-corrected chi connectivity index (χ0v) is 13.6. The number of nitrogens with zero attached hydrogens (tertiary/aromatic N) is 2. The predicted molar refractivity (Wildman–Crippen MR) is 89.8 cm³/mol. The maximum Gasteiger partial charge on any atom is 0.339 e. The molecule has 25 heavy (non-hydrogen) atoms. The smallest absolute Gasteiger partial charge is 0.339 e. The molecule has 2 aromatic carbocycles. The zero-order valence-electron chi connectivity index (χ0n) is 13.6. The standard InChI is InChI=1S/C20H16N2O3/c21-13-14-5-7-15(8-6-14)18(23)22-11-9-20(10-12-22)17-4-2-1-3-16(17)19(24)25-20/h1-8H,9-12H2. The van der Waals surface area contributed by atoms with Gasteiger partial charge in [0.05, 0.1) is 17.2 Å². The first-order valence-electron chi connectivity index (χ1n) is 8.25. The highest BCUT2D eigenvalue weighted by atomic mass is 16.6. The number of amides is 1. The van der Waals surface area contributed by atoms with E-state index in [1.165, 1.54) is 0 Å². The first kappa shape index (κ1) is 15.4. The molecule has 1 spiro atoms. The Balaban J connectivity index is 1.51. The summed E-state index contributed by atoms with van der Waals surface area (Å²) in [5, 5.41) is 8.85. The van der Waals surface area contributed by atoms with Gasteiger partial charge in [-0.15, -0.1) is 0 Å². The summed E-state index contributed by atoms with van der Waals surface area (Å²) in [6.07, 6.45) is 1.19. The third kappa shape index (κ3) is 2.47. The van der Waals surface area contributed by atoms with E-state index in [0.717, 1.165) is 5.56 Å². The summed E-state index contributed by atoms with van der Waals surface area (Å²) >= 11 is 0. The fraction of sp³-hybridized carbons (Fsp3) is 0.250. The van der Waals surface area contributed by atoms with Crippen LogP contribution in [0.25, 0.3) is 0 Å². The van der Waals surface area contributed by atoms with Gasteiger partial charge < -0.3 is 9.64 Å². The molecular formula is C20H16N2O3. The van der Waals surface area contributed by atoms with E-state index in [1.807, 2.05) is 24.3 Å². The molecule has 2 heterocycles. The molecule has 0 unspecified atom stereocenters. The number of carbonyl (C=O) groups excluding carboxylic acids is 2. The molecule has 0 radical (unpaired) electrons. The molecule has 0 bridgehead atoms. The Hall–Kier alpha value is -3.13. The number of benzene rings is 2. The number of ether oxygens (including phenoxy) is 1. The van der Waals surface area contributed by atoms with Crippen LogP contribution in [0, 0.1) is 11.3 Å². The van der Waals surface area contributed by atoms with E-state index >= 15 is 0 Å². The number of rotatable bonds is 1. The molecule has 1 amide bonds. The maximum absolute atomic E-state index is 12.6. The van der Waals surface area contributed by atoms with Gasteiger partial charge in [-0.2, -0.15) is 5.26 Å². The molecule has 2 aliphatic heterocycles. The Morgan fingerprint density at radius 2 is 1.76 bits per heavy atom. The molecule has 2 aliphatic rings. The van der Waals surface area contributed by atoms with Crippen molar-refractivity contribution in [2.75, 3.05) is 13.1 Å². The molecule has 124 valence electrons. The highest BCUT2D eigenvalue weighted by molar-refractivity contribution is 5.95. The van der Waals surface area contributed by atoms with Crippen LogP contribution in [-0.2, 0) is 10.3 Å². The van der Waals surface area contributed by atoms with Crippen LogP contribution in [-0.4, -0.2) is 29.9 Å². The molecule has 0 saturated carbocycles. The van der Waals surface area contributed by atoms with Crippen molar-refractivity contribution < 1.29 is 14.3 Å². The van der Waals surface area contributed by atoms with Crippen molar-refractivity contribution in [2.24, 2.45) is 0 Å². The van der Waals surface area contributed by atoms with Crippen LogP contribution in [0.1, 0.15) is 44.7 Å². The van der Waals surface area contributed by atoms with E-state index in [1.54, 1.807) is 35.2 Å². The van der Waals surface area contributed by atoms with Gasteiger partial charge in [-0.1, -0.05) is 18.2 Å². The van der Waals surface area contributed by atoms with E-state index in [9.17, 15) is 9.59 Å². The fourth-order valence-corrected chi connectivity index (χ4v) is 3.66. The number of hydrogen-bond acceptors (Lipinski definition) is 4. The molecule has 0 aromatic heterocycles. The first-order valence-corrected chi connectivity index (χ1v) is 8.25. The minimum absolute atomic E-state index is 0.0584. The van der Waals surface area contributed by atoms with Gasteiger partial charge in [-0.25, -0.2) is 4.79 Å². The van der Waals surface area contributed by atoms with Crippen LogP contribution in [0.3, 0.4) is 0 Å². The van der Waals surface area contributed by atoms with Crippen LogP contribution in [0.5, 0.6) is 0 Å². The van der Waals surface area contributed by atoms with Gasteiger partial charge in [0.2, 0.25) is 0 Å². The van der Waals surface area contributed by atoms with Crippen LogP contribution < -0.4 is 0 Å². The van der Waals surface area contributed by atoms with Gasteiger partial charge in [0, 0.05) is 37.1 Å². The summed E-state index contributed by atoms with van der Waals surface area (Å²) < 4.78 is 5.71. The summed E-state index contributed by atoms with van der Waals surface area (Å²) in [5.74, 6) is -0.334. The Kier molecular flexibility index (Phi) is 3.54. The average molecular weight is 332 g/mol. The topological polar surface area (TPSA) is 70.4 Å². The second-order valence-electron chi connectivity index (χ2n) is 6.41. The Morgan fingerprint density at radius 3 is 2.44 bits per heavy atom. The number of esters is 1. The van der Waals surface area contributed by atoms with Crippen molar-refractivity contribution in [1.82, 2.24) is 4.90 Å². The number of nitriles is 1. The Bertz CT molecular complexity index is 888. The van der Waals surface area contributed by atoms with Crippen molar-refractivity contribution in [2.45, 2.75) is 18.4 Å². The molecule has 5 nitrogen and oxygen atoms in total. The molecule has 1 fully saturated rings. The second kappa shape index (κ2) is 5.75. The Morgan fingerprint density at radius 1 is 1.08 bits per heavy atom. The lowest BCUT2D eigenvalue weighted by molar-refractivity contribution is -0.0389. The number of hydrogen-bond donors (Lipinski definition) is 0. The molecule has 5 heteroatoms. The van der Waals surface area contributed by atoms with Crippen LogP contribution >= 0.6 is 0 Å². The van der Waals surface area contributed by atoms with Crippen molar-refractivity contribution in [3.05, 3.63) is 70.8 Å². The monoisotopic (exact) mass is 332 g/mol. The molecule has 0 N–H and O–H groups in total. The van der Waals surface area contributed by atoms with Gasteiger partial charge in [-0.3, -0.25) is 4.79 Å². The minimum Gasteiger partial charge on any atom is -0.450 e. The average Bonchev–Trinajstić information content (AvgIpc) is 2.94. The predicted octanol–water partition coefficient (Wildman–Crippen LogP) is 2.86. The zero-order chi connectivity index (χ0) is 17.4. The molecule has 1 saturated heterocycles. The van der Waals surface area contributed by atoms with Crippen LogP contribution in [0.15, 0.2) is 48.5 Å². The quantitative estimate of drug-likeness (QED) is 0.753. The summed E-state index contributed by atoms with van der Waals surface area (Å²) in [5.41, 5.74) is 2.07.